The van der Waals surface area contributed by atoms with Gasteiger partial charge >= 0.3 is 5.97 Å². The van der Waals surface area contributed by atoms with Gasteiger partial charge in [0.2, 0.25) is 5.91 Å². The van der Waals surface area contributed by atoms with Crippen molar-refractivity contribution in [3.8, 4) is 5.75 Å². The van der Waals surface area contributed by atoms with Gasteiger partial charge in [0, 0.05) is 5.69 Å². The van der Waals surface area contributed by atoms with Crippen molar-refractivity contribution < 1.29 is 19.1 Å². The second kappa shape index (κ2) is 9.27. The number of nitrogens with two attached hydrogens (primary N) is 1. The molecule has 1 aromatic carbocycles. The molecule has 6 heteroatoms. The van der Waals surface area contributed by atoms with Gasteiger partial charge in [0.25, 0.3) is 0 Å². The third kappa shape index (κ3) is 5.85. The van der Waals surface area contributed by atoms with Crippen molar-refractivity contribution >= 4 is 17.6 Å². The van der Waals surface area contributed by atoms with Gasteiger partial charge in [-0.05, 0) is 36.6 Å². The Morgan fingerprint density at radius 3 is 2.50 bits per heavy atom. The first-order chi connectivity index (χ1) is 11.6. The summed E-state index contributed by atoms with van der Waals surface area (Å²) in [6.45, 7) is -0.144. The van der Waals surface area contributed by atoms with Crippen LogP contribution in [-0.2, 0) is 14.3 Å². The lowest BCUT2D eigenvalue weighted by molar-refractivity contribution is -0.142. The van der Waals surface area contributed by atoms with Gasteiger partial charge in [-0.1, -0.05) is 32.1 Å². The van der Waals surface area contributed by atoms with Crippen LogP contribution < -0.4 is 15.8 Å². The van der Waals surface area contributed by atoms with Crippen LogP contribution in [0.15, 0.2) is 24.3 Å². The summed E-state index contributed by atoms with van der Waals surface area (Å²) in [6, 6.07) is 6.33. The van der Waals surface area contributed by atoms with E-state index < -0.39 is 12.0 Å². The molecule has 1 aromatic rings. The van der Waals surface area contributed by atoms with E-state index in [1.807, 2.05) is 0 Å². The molecule has 6 nitrogen and oxygen atoms in total. The summed E-state index contributed by atoms with van der Waals surface area (Å²) < 4.78 is 9.76. The molecule has 0 bridgehead atoms. The maximum Gasteiger partial charge on any atom is 0.343 e. The minimum atomic E-state index is -0.483. The zero-order chi connectivity index (χ0) is 17.4. The maximum absolute atomic E-state index is 12.2. The van der Waals surface area contributed by atoms with Crippen molar-refractivity contribution in [2.24, 2.45) is 11.7 Å². The number of amides is 1. The molecule has 1 saturated carbocycles. The van der Waals surface area contributed by atoms with Crippen LogP contribution in [0.1, 0.15) is 38.5 Å². The van der Waals surface area contributed by atoms with Crippen LogP contribution in [0.4, 0.5) is 5.69 Å². The molecule has 0 radical (unpaired) electrons. The Bertz CT molecular complexity index is 538. The van der Waals surface area contributed by atoms with E-state index in [1.165, 1.54) is 39.2 Å². The van der Waals surface area contributed by atoms with Crippen molar-refractivity contribution in [2.75, 3.05) is 19.0 Å². The smallest absolute Gasteiger partial charge is 0.343 e. The summed E-state index contributed by atoms with van der Waals surface area (Å²) in [6.07, 6.45) is 6.87. The van der Waals surface area contributed by atoms with Crippen molar-refractivity contribution in [3.05, 3.63) is 24.3 Å². The number of hydrogen-bond donors (Lipinski definition) is 2. The zero-order valence-electron chi connectivity index (χ0n) is 14.1. The predicted molar refractivity (Wildman–Crippen MR) is 91.8 cm³/mol. The van der Waals surface area contributed by atoms with E-state index in [0.29, 0.717) is 17.4 Å². The van der Waals surface area contributed by atoms with E-state index in [1.54, 1.807) is 24.3 Å². The van der Waals surface area contributed by atoms with Gasteiger partial charge in [-0.2, -0.15) is 0 Å². The highest BCUT2D eigenvalue weighted by Crippen LogP contribution is 2.27. The monoisotopic (exact) mass is 334 g/mol. The van der Waals surface area contributed by atoms with Crippen LogP contribution >= 0.6 is 0 Å². The number of hydrogen-bond acceptors (Lipinski definition) is 5. The fourth-order valence-corrected chi connectivity index (χ4v) is 2.96. The average Bonchev–Trinajstić information content (AvgIpc) is 2.61. The van der Waals surface area contributed by atoms with Gasteiger partial charge in [0.05, 0.1) is 13.2 Å². The van der Waals surface area contributed by atoms with E-state index in [4.69, 9.17) is 10.5 Å². The number of rotatable bonds is 7. The minimum Gasteiger partial charge on any atom is -0.482 e. The Hall–Kier alpha value is -2.08. The van der Waals surface area contributed by atoms with Crippen LogP contribution in [0.25, 0.3) is 0 Å². The predicted octanol–water partition coefficient (Wildman–Crippen LogP) is 2.47. The highest BCUT2D eigenvalue weighted by molar-refractivity contribution is 5.94. The number of ether oxygens (including phenoxy) is 2. The normalized spacial score (nSPS) is 16.2. The third-order valence-corrected chi connectivity index (χ3v) is 4.35. The van der Waals surface area contributed by atoms with E-state index in [9.17, 15) is 9.59 Å². The first-order valence-electron chi connectivity index (χ1n) is 8.44. The number of nitrogens with one attached hydrogen (secondary N) is 1. The van der Waals surface area contributed by atoms with Gasteiger partial charge in [0.1, 0.15) is 5.75 Å². The SMILES string of the molecule is COC(=O)COc1ccc(NC(=O)C(N)CC2CCCCC2)cc1. The van der Waals surface area contributed by atoms with Crippen molar-refractivity contribution in [3.63, 3.8) is 0 Å². The average molecular weight is 334 g/mol. The second-order valence-electron chi connectivity index (χ2n) is 6.22. The van der Waals surface area contributed by atoms with E-state index in [-0.39, 0.29) is 12.5 Å². The first-order valence-corrected chi connectivity index (χ1v) is 8.44. The van der Waals surface area contributed by atoms with Crippen LogP contribution in [0.3, 0.4) is 0 Å². The van der Waals surface area contributed by atoms with Crippen LogP contribution in [0.2, 0.25) is 0 Å². The van der Waals surface area contributed by atoms with Crippen LogP contribution in [-0.4, -0.2) is 31.6 Å². The molecule has 0 heterocycles. The minimum absolute atomic E-state index is 0.144. The summed E-state index contributed by atoms with van der Waals surface area (Å²) in [4.78, 5) is 23.2. The molecule has 0 aliphatic heterocycles. The highest BCUT2D eigenvalue weighted by atomic mass is 16.6. The molecule has 1 fully saturated rings. The number of carbonyl (C=O) groups excluding carboxylic acids is 2. The van der Waals surface area contributed by atoms with Gasteiger partial charge in [0.15, 0.2) is 6.61 Å². The number of methoxy groups -OCH3 is 1. The molecule has 3 N–H and O–H groups in total. The zero-order valence-corrected chi connectivity index (χ0v) is 14.1. The highest BCUT2D eigenvalue weighted by Gasteiger charge is 2.21. The molecule has 1 aliphatic rings. The largest absolute Gasteiger partial charge is 0.482 e. The Balaban J connectivity index is 1.79. The maximum atomic E-state index is 12.2. The van der Waals surface area contributed by atoms with Gasteiger partial charge in [-0.15, -0.1) is 0 Å². The topological polar surface area (TPSA) is 90.6 Å². The summed E-state index contributed by atoms with van der Waals surface area (Å²) in [7, 11) is 1.31. The van der Waals surface area contributed by atoms with Gasteiger partial charge < -0.3 is 20.5 Å². The summed E-state index contributed by atoms with van der Waals surface area (Å²) in [5.41, 5.74) is 6.69. The molecular weight excluding hydrogens is 308 g/mol. The molecule has 0 saturated heterocycles. The van der Waals surface area contributed by atoms with E-state index >= 15 is 0 Å². The number of benzene rings is 1. The molecule has 1 aliphatic carbocycles. The lowest BCUT2D eigenvalue weighted by atomic mass is 9.85. The van der Waals surface area contributed by atoms with E-state index in [2.05, 4.69) is 10.1 Å². The molecule has 1 atom stereocenters. The number of carbonyl (C=O) groups is 2. The summed E-state index contributed by atoms with van der Waals surface area (Å²) in [5.74, 6) is 0.489. The Kier molecular flexibility index (Phi) is 7.06. The Labute approximate surface area is 142 Å². The van der Waals surface area contributed by atoms with Crippen molar-refractivity contribution in [2.45, 2.75) is 44.6 Å². The second-order valence-corrected chi connectivity index (χ2v) is 6.22. The van der Waals surface area contributed by atoms with Gasteiger partial charge in [-0.25, -0.2) is 4.79 Å². The van der Waals surface area contributed by atoms with Gasteiger partial charge in [-0.3, -0.25) is 4.79 Å². The molecule has 0 spiro atoms. The number of anilines is 1. The molecule has 0 aromatic heterocycles. The molecule has 132 valence electrons. The fraction of sp³-hybridized carbons (Fsp3) is 0.556. The summed E-state index contributed by atoms with van der Waals surface area (Å²) >= 11 is 0. The molecule has 1 amide bonds. The quantitative estimate of drug-likeness (QED) is 0.748. The van der Waals surface area contributed by atoms with Crippen molar-refractivity contribution in [1.82, 2.24) is 0 Å². The standard InChI is InChI=1S/C18H26N2O4/c1-23-17(21)12-24-15-9-7-14(8-10-15)20-18(22)16(19)11-13-5-3-2-4-6-13/h7-10,13,16H,2-6,11-12,19H2,1H3,(H,20,22). The Morgan fingerprint density at radius 2 is 1.88 bits per heavy atom. The number of esters is 1. The lowest BCUT2D eigenvalue weighted by Crippen LogP contribution is -2.37. The summed E-state index contributed by atoms with van der Waals surface area (Å²) in [5, 5.41) is 2.82. The molecule has 1 unspecified atom stereocenters. The van der Waals surface area contributed by atoms with Crippen LogP contribution in [0, 0.1) is 5.92 Å². The third-order valence-electron chi connectivity index (χ3n) is 4.35. The lowest BCUT2D eigenvalue weighted by Gasteiger charge is -2.24. The first kappa shape index (κ1) is 18.3. The fourth-order valence-electron chi connectivity index (χ4n) is 2.96. The molecule has 2 rings (SSSR count). The van der Waals surface area contributed by atoms with Crippen molar-refractivity contribution in [1.29, 1.82) is 0 Å². The Morgan fingerprint density at radius 1 is 1.21 bits per heavy atom. The van der Waals surface area contributed by atoms with E-state index in [0.717, 1.165) is 6.42 Å². The molecular formula is C18H26N2O4. The molecule has 24 heavy (non-hydrogen) atoms. The van der Waals surface area contributed by atoms with Crippen LogP contribution in [0.5, 0.6) is 5.75 Å².